The van der Waals surface area contributed by atoms with Gasteiger partial charge in [0.1, 0.15) is 0 Å². The molecule has 0 amide bonds. The van der Waals surface area contributed by atoms with E-state index in [2.05, 4.69) is 15.1 Å². The normalized spacial score (nSPS) is 10.8. The van der Waals surface area contributed by atoms with Crippen LogP contribution >= 0.6 is 0 Å². The molecule has 1 N–H and O–H groups in total. The summed E-state index contributed by atoms with van der Waals surface area (Å²) in [6.45, 7) is 0.239. The lowest BCUT2D eigenvalue weighted by Crippen LogP contribution is -2.23. The molecule has 0 saturated carbocycles. The molecule has 5 heteroatoms. The van der Waals surface area contributed by atoms with Crippen molar-refractivity contribution in [1.82, 2.24) is 5.48 Å². The molecule has 3 nitrogen and oxygen atoms in total. The van der Waals surface area contributed by atoms with Crippen LogP contribution in [0.15, 0.2) is 0 Å². The van der Waals surface area contributed by atoms with Gasteiger partial charge in [-0.1, -0.05) is 0 Å². The molecule has 0 spiro atoms. The molecule has 10 heavy (non-hydrogen) atoms. The van der Waals surface area contributed by atoms with Crippen molar-refractivity contribution < 1.29 is 18.4 Å². The topological polar surface area (TPSA) is 30.5 Å². The van der Waals surface area contributed by atoms with Gasteiger partial charge in [-0.3, -0.25) is 4.84 Å². The van der Waals surface area contributed by atoms with E-state index in [1.165, 1.54) is 7.11 Å². The van der Waals surface area contributed by atoms with E-state index >= 15 is 0 Å². The third-order valence-electron chi connectivity index (χ3n) is 0.729. The lowest BCUT2D eigenvalue weighted by atomic mass is 10.7. The molecule has 0 aromatic carbocycles. The maximum Gasteiger partial charge on any atom is 0.253 e. The van der Waals surface area contributed by atoms with Crippen molar-refractivity contribution in [2.45, 2.75) is 6.43 Å². The molecule has 0 unspecified atom stereocenters. The Morgan fingerprint density at radius 3 is 2.60 bits per heavy atom. The van der Waals surface area contributed by atoms with Crippen LogP contribution in [0.4, 0.5) is 8.78 Å². The summed E-state index contributed by atoms with van der Waals surface area (Å²) in [7, 11) is 1.51. The molecule has 0 aromatic heterocycles. The van der Waals surface area contributed by atoms with Crippen LogP contribution in [-0.2, 0) is 9.57 Å². The zero-order valence-corrected chi connectivity index (χ0v) is 5.77. The first-order valence-corrected chi connectivity index (χ1v) is 2.89. The van der Waals surface area contributed by atoms with Gasteiger partial charge in [0.25, 0.3) is 6.43 Å². The molecule has 0 aliphatic carbocycles. The van der Waals surface area contributed by atoms with Crippen molar-refractivity contribution in [3.8, 4) is 0 Å². The first-order chi connectivity index (χ1) is 4.77. The van der Waals surface area contributed by atoms with E-state index in [4.69, 9.17) is 0 Å². The number of halogens is 2. The summed E-state index contributed by atoms with van der Waals surface area (Å²) < 4.78 is 27.3. The lowest BCUT2D eigenvalue weighted by molar-refractivity contribution is -0.0166. The number of hydroxylamine groups is 1. The van der Waals surface area contributed by atoms with E-state index in [0.717, 1.165) is 0 Å². The van der Waals surface area contributed by atoms with Gasteiger partial charge in [0, 0.05) is 7.11 Å². The molecule has 0 radical (unpaired) electrons. The van der Waals surface area contributed by atoms with E-state index in [1.54, 1.807) is 0 Å². The van der Waals surface area contributed by atoms with E-state index in [-0.39, 0.29) is 6.61 Å². The second-order valence-corrected chi connectivity index (χ2v) is 1.58. The Labute approximate surface area is 58.3 Å². The van der Waals surface area contributed by atoms with Crippen LogP contribution in [0.1, 0.15) is 0 Å². The maximum atomic E-state index is 11.4. The number of ether oxygens (including phenoxy) is 1. The molecule has 0 aliphatic rings. The van der Waals surface area contributed by atoms with E-state index in [9.17, 15) is 8.78 Å². The van der Waals surface area contributed by atoms with E-state index in [1.807, 2.05) is 0 Å². The van der Waals surface area contributed by atoms with Gasteiger partial charge < -0.3 is 4.74 Å². The number of nitrogens with one attached hydrogen (secondary N) is 1. The van der Waals surface area contributed by atoms with Crippen molar-refractivity contribution in [2.75, 3.05) is 26.9 Å². The number of alkyl halides is 2. The summed E-state index contributed by atoms with van der Waals surface area (Å²) in [5.74, 6) is 0. The Morgan fingerprint density at radius 1 is 1.40 bits per heavy atom. The highest BCUT2D eigenvalue weighted by molar-refractivity contribution is 4.35. The van der Waals surface area contributed by atoms with Crippen LogP contribution in [0.3, 0.4) is 0 Å². The van der Waals surface area contributed by atoms with Gasteiger partial charge in [-0.2, -0.15) is 5.48 Å². The van der Waals surface area contributed by atoms with Crippen molar-refractivity contribution in [3.05, 3.63) is 0 Å². The Balaban J connectivity index is 2.77. The van der Waals surface area contributed by atoms with E-state index in [0.29, 0.717) is 6.61 Å². The second kappa shape index (κ2) is 6.85. The van der Waals surface area contributed by atoms with Crippen molar-refractivity contribution in [1.29, 1.82) is 0 Å². The predicted molar refractivity (Wildman–Crippen MR) is 31.8 cm³/mol. The molecular formula is C5H11F2NO2. The average molecular weight is 155 g/mol. The van der Waals surface area contributed by atoms with Crippen molar-refractivity contribution in [3.63, 3.8) is 0 Å². The zero-order valence-electron chi connectivity index (χ0n) is 5.77. The maximum absolute atomic E-state index is 11.4. The van der Waals surface area contributed by atoms with Gasteiger partial charge in [-0.15, -0.1) is 0 Å². The summed E-state index contributed by atoms with van der Waals surface area (Å²) in [6.07, 6.45) is -2.37. The monoisotopic (exact) mass is 155 g/mol. The van der Waals surface area contributed by atoms with Gasteiger partial charge in [0.2, 0.25) is 0 Å². The van der Waals surface area contributed by atoms with Gasteiger partial charge in [-0.25, -0.2) is 8.78 Å². The van der Waals surface area contributed by atoms with Crippen LogP contribution in [0.25, 0.3) is 0 Å². The minimum absolute atomic E-state index is 0.281. The van der Waals surface area contributed by atoms with Crippen molar-refractivity contribution >= 4 is 0 Å². The molecule has 0 heterocycles. The zero-order chi connectivity index (χ0) is 7.82. The number of rotatable bonds is 6. The fourth-order valence-electron chi connectivity index (χ4n) is 0.319. The SMILES string of the molecule is COCCONCC(F)F. The third kappa shape index (κ3) is 7.74. The summed E-state index contributed by atoms with van der Waals surface area (Å²) in [6, 6.07) is 0. The minimum atomic E-state index is -2.37. The van der Waals surface area contributed by atoms with Gasteiger partial charge in [0.05, 0.1) is 19.8 Å². The van der Waals surface area contributed by atoms with Crippen molar-refractivity contribution in [2.24, 2.45) is 0 Å². The van der Waals surface area contributed by atoms with Crippen LogP contribution in [-0.4, -0.2) is 33.3 Å². The quantitative estimate of drug-likeness (QED) is 0.445. The highest BCUT2D eigenvalue weighted by Crippen LogP contribution is 1.86. The number of hydrogen-bond acceptors (Lipinski definition) is 3. The van der Waals surface area contributed by atoms with Gasteiger partial charge in [-0.05, 0) is 0 Å². The summed E-state index contributed by atoms with van der Waals surface area (Å²) in [5, 5.41) is 0. The summed E-state index contributed by atoms with van der Waals surface area (Å²) in [4.78, 5) is 4.53. The second-order valence-electron chi connectivity index (χ2n) is 1.58. The first kappa shape index (κ1) is 9.74. The van der Waals surface area contributed by atoms with Crippen LogP contribution in [0.2, 0.25) is 0 Å². The molecule has 62 valence electrons. The smallest absolute Gasteiger partial charge is 0.253 e. The highest BCUT2D eigenvalue weighted by atomic mass is 19.3. The molecule has 0 aromatic rings. The van der Waals surface area contributed by atoms with Crippen LogP contribution in [0.5, 0.6) is 0 Å². The molecule has 0 bridgehead atoms. The Morgan fingerprint density at radius 2 is 2.10 bits per heavy atom. The summed E-state index contributed by atoms with van der Waals surface area (Å²) >= 11 is 0. The number of methoxy groups -OCH3 is 1. The number of hydrogen-bond donors (Lipinski definition) is 1. The third-order valence-corrected chi connectivity index (χ3v) is 0.729. The molecular weight excluding hydrogens is 144 g/mol. The molecule has 0 fully saturated rings. The van der Waals surface area contributed by atoms with Gasteiger partial charge >= 0.3 is 0 Å². The van der Waals surface area contributed by atoms with E-state index < -0.39 is 13.0 Å². The fraction of sp³-hybridized carbons (Fsp3) is 1.00. The molecule has 0 rings (SSSR count). The summed E-state index contributed by atoms with van der Waals surface area (Å²) in [5.41, 5.74) is 2.09. The Kier molecular flexibility index (Phi) is 6.68. The predicted octanol–water partition coefficient (Wildman–Crippen LogP) is 0.419. The first-order valence-electron chi connectivity index (χ1n) is 2.89. The fourth-order valence-corrected chi connectivity index (χ4v) is 0.319. The van der Waals surface area contributed by atoms with Gasteiger partial charge in [0.15, 0.2) is 0 Å². The molecule has 0 saturated heterocycles. The lowest BCUT2D eigenvalue weighted by Gasteiger charge is -2.03. The molecule has 0 aliphatic heterocycles. The van der Waals surface area contributed by atoms with Crippen LogP contribution in [0, 0.1) is 0 Å². The Hall–Kier alpha value is -0.260. The average Bonchev–Trinajstić information content (AvgIpc) is 1.87. The largest absolute Gasteiger partial charge is 0.382 e. The standard InChI is InChI=1S/C5H11F2NO2/c1-9-2-3-10-8-4-5(6)7/h5,8H,2-4H2,1H3. The minimum Gasteiger partial charge on any atom is -0.382 e. The van der Waals surface area contributed by atoms with Crippen LogP contribution < -0.4 is 5.48 Å². The Bertz CT molecular complexity index is 72.7. The highest BCUT2D eigenvalue weighted by Gasteiger charge is 1.99. The molecule has 0 atom stereocenters.